The molecule has 3 heteroatoms. The van der Waals surface area contributed by atoms with Crippen LogP contribution in [0.3, 0.4) is 0 Å². The molecule has 0 unspecified atom stereocenters. The smallest absolute Gasteiger partial charge is 0.248 e. The Balaban J connectivity index is 1.64. The first-order chi connectivity index (χ1) is 14.9. The zero-order valence-electron chi connectivity index (χ0n) is 18.8. The summed E-state index contributed by atoms with van der Waals surface area (Å²) in [5.41, 5.74) is 5.33. The minimum absolute atomic E-state index is 0.126. The van der Waals surface area contributed by atoms with Gasteiger partial charge in [-0.2, -0.15) is 0 Å². The molecule has 31 heavy (non-hydrogen) atoms. The molecule has 0 heterocycles. The summed E-state index contributed by atoms with van der Waals surface area (Å²) in [7, 11) is 0. The van der Waals surface area contributed by atoms with Crippen LogP contribution in [0.5, 0.6) is 5.75 Å². The van der Waals surface area contributed by atoms with Crippen LogP contribution in [0.1, 0.15) is 61.8 Å². The number of hydrogen-bond acceptors (Lipinski definition) is 2. The predicted octanol–water partition coefficient (Wildman–Crippen LogP) is 7.16. The van der Waals surface area contributed by atoms with Crippen molar-refractivity contribution in [2.24, 2.45) is 0 Å². The van der Waals surface area contributed by atoms with Gasteiger partial charge in [0, 0.05) is 11.8 Å². The van der Waals surface area contributed by atoms with Gasteiger partial charge in [0.25, 0.3) is 0 Å². The Morgan fingerprint density at radius 1 is 0.839 bits per heavy atom. The van der Waals surface area contributed by atoms with Crippen LogP contribution in [-0.4, -0.2) is 5.91 Å². The maximum absolute atomic E-state index is 12.6. The van der Waals surface area contributed by atoms with E-state index in [4.69, 9.17) is 4.74 Å². The van der Waals surface area contributed by atoms with Crippen LogP contribution >= 0.6 is 0 Å². The van der Waals surface area contributed by atoms with Gasteiger partial charge >= 0.3 is 0 Å². The van der Waals surface area contributed by atoms with Crippen molar-refractivity contribution in [3.63, 3.8) is 0 Å². The van der Waals surface area contributed by atoms with E-state index in [0.717, 1.165) is 33.7 Å². The highest BCUT2D eigenvalue weighted by Gasteiger charge is 2.14. The quantitative estimate of drug-likeness (QED) is 0.398. The lowest BCUT2D eigenvalue weighted by molar-refractivity contribution is -0.111. The van der Waals surface area contributed by atoms with Crippen molar-refractivity contribution in [2.45, 2.75) is 46.1 Å². The second-order valence-electron chi connectivity index (χ2n) is 8.29. The second kappa shape index (κ2) is 10.6. The van der Waals surface area contributed by atoms with Crippen molar-refractivity contribution in [3.8, 4) is 5.75 Å². The minimum Gasteiger partial charge on any atom is -0.489 e. The van der Waals surface area contributed by atoms with E-state index in [9.17, 15) is 4.79 Å². The molecule has 0 atom stereocenters. The summed E-state index contributed by atoms with van der Waals surface area (Å²) >= 11 is 0. The molecule has 0 spiro atoms. The third-order valence-corrected chi connectivity index (χ3v) is 5.18. The normalized spacial score (nSPS) is 11.3. The molecule has 3 nitrogen and oxygen atoms in total. The molecule has 0 saturated carbocycles. The van der Waals surface area contributed by atoms with Gasteiger partial charge in [-0.05, 0) is 52.3 Å². The summed E-state index contributed by atoms with van der Waals surface area (Å²) < 4.78 is 5.82. The van der Waals surface area contributed by atoms with Gasteiger partial charge in [-0.25, -0.2) is 0 Å². The summed E-state index contributed by atoms with van der Waals surface area (Å²) in [6.07, 6.45) is 3.41. The number of nitrogens with one attached hydrogen (secondary N) is 1. The minimum atomic E-state index is -0.126. The summed E-state index contributed by atoms with van der Waals surface area (Å²) in [5, 5.41) is 3.11. The van der Waals surface area contributed by atoms with Crippen molar-refractivity contribution in [2.75, 3.05) is 5.32 Å². The van der Waals surface area contributed by atoms with Gasteiger partial charge in [0.1, 0.15) is 12.4 Å². The molecule has 0 fully saturated rings. The number of carbonyl (C=O) groups is 1. The SMILES string of the molecule is CC(C)c1cccc(C(C)C)c1NC(=O)/C=C/c1ccc(OCc2ccccc2)cc1. The van der Waals surface area contributed by atoms with E-state index in [1.54, 1.807) is 6.08 Å². The Labute approximate surface area is 185 Å². The largest absolute Gasteiger partial charge is 0.489 e. The van der Waals surface area contributed by atoms with Crippen molar-refractivity contribution in [1.29, 1.82) is 0 Å². The number of carbonyl (C=O) groups excluding carboxylic acids is 1. The highest BCUT2D eigenvalue weighted by molar-refractivity contribution is 6.03. The van der Waals surface area contributed by atoms with Gasteiger partial charge in [0.2, 0.25) is 5.91 Å². The molecule has 0 aliphatic heterocycles. The fourth-order valence-electron chi connectivity index (χ4n) is 3.45. The summed E-state index contributed by atoms with van der Waals surface area (Å²) in [6, 6.07) is 24.1. The van der Waals surface area contributed by atoms with Gasteiger partial charge in [-0.1, -0.05) is 88.4 Å². The predicted molar refractivity (Wildman–Crippen MR) is 129 cm³/mol. The molecule has 0 bridgehead atoms. The Morgan fingerprint density at radius 2 is 1.45 bits per heavy atom. The Morgan fingerprint density at radius 3 is 2.03 bits per heavy atom. The van der Waals surface area contributed by atoms with Crippen LogP contribution in [0.4, 0.5) is 5.69 Å². The van der Waals surface area contributed by atoms with Gasteiger partial charge in [-0.3, -0.25) is 4.79 Å². The lowest BCUT2D eigenvalue weighted by Crippen LogP contribution is -2.13. The van der Waals surface area contributed by atoms with Crippen LogP contribution < -0.4 is 10.1 Å². The van der Waals surface area contributed by atoms with Crippen LogP contribution in [0.15, 0.2) is 78.9 Å². The standard InChI is InChI=1S/C28H31NO2/c1-20(2)25-11-8-12-26(21(3)4)28(25)29-27(30)18-15-22-13-16-24(17-14-22)31-19-23-9-6-5-7-10-23/h5-18,20-21H,19H2,1-4H3,(H,29,30)/b18-15+. The van der Waals surface area contributed by atoms with Crippen LogP contribution in [0.25, 0.3) is 6.08 Å². The number of rotatable bonds is 8. The molecule has 3 aromatic carbocycles. The maximum Gasteiger partial charge on any atom is 0.248 e. The molecule has 1 amide bonds. The Hall–Kier alpha value is -3.33. The number of benzene rings is 3. The molecule has 0 radical (unpaired) electrons. The van der Waals surface area contributed by atoms with E-state index in [2.05, 4.69) is 51.2 Å². The highest BCUT2D eigenvalue weighted by atomic mass is 16.5. The van der Waals surface area contributed by atoms with E-state index >= 15 is 0 Å². The third-order valence-electron chi connectivity index (χ3n) is 5.18. The third kappa shape index (κ3) is 6.32. The number of amides is 1. The molecular weight excluding hydrogens is 382 g/mol. The van der Waals surface area contributed by atoms with E-state index < -0.39 is 0 Å². The fourth-order valence-corrected chi connectivity index (χ4v) is 3.45. The number of hydrogen-bond donors (Lipinski definition) is 1. The molecular formula is C28H31NO2. The molecule has 0 saturated heterocycles. The summed E-state index contributed by atoms with van der Waals surface area (Å²) in [5.74, 6) is 1.35. The van der Waals surface area contributed by atoms with Crippen LogP contribution in [-0.2, 0) is 11.4 Å². The monoisotopic (exact) mass is 413 g/mol. The number of para-hydroxylation sites is 1. The van der Waals surface area contributed by atoms with Gasteiger partial charge < -0.3 is 10.1 Å². The highest BCUT2D eigenvalue weighted by Crippen LogP contribution is 2.32. The molecule has 0 aliphatic rings. The average molecular weight is 414 g/mol. The lowest BCUT2D eigenvalue weighted by atomic mass is 9.92. The molecule has 1 N–H and O–H groups in total. The summed E-state index contributed by atoms with van der Waals surface area (Å²) in [6.45, 7) is 9.11. The molecule has 3 rings (SSSR count). The van der Waals surface area contributed by atoms with Crippen molar-refractivity contribution in [3.05, 3.63) is 101 Å². The molecule has 160 valence electrons. The average Bonchev–Trinajstić information content (AvgIpc) is 2.77. The molecule has 0 aromatic heterocycles. The fraction of sp³-hybridized carbons (Fsp3) is 0.250. The second-order valence-corrected chi connectivity index (χ2v) is 8.29. The van der Waals surface area contributed by atoms with Gasteiger partial charge in [-0.15, -0.1) is 0 Å². The van der Waals surface area contributed by atoms with E-state index in [0.29, 0.717) is 18.4 Å². The molecule has 0 aliphatic carbocycles. The van der Waals surface area contributed by atoms with Gasteiger partial charge in [0.05, 0.1) is 0 Å². The van der Waals surface area contributed by atoms with Crippen molar-refractivity contribution < 1.29 is 9.53 Å². The van der Waals surface area contributed by atoms with Crippen molar-refractivity contribution in [1.82, 2.24) is 0 Å². The number of ether oxygens (including phenoxy) is 1. The first kappa shape index (κ1) is 22.4. The molecule has 3 aromatic rings. The maximum atomic E-state index is 12.6. The van der Waals surface area contributed by atoms with E-state index in [1.165, 1.54) is 0 Å². The summed E-state index contributed by atoms with van der Waals surface area (Å²) in [4.78, 5) is 12.6. The van der Waals surface area contributed by atoms with Gasteiger partial charge in [0.15, 0.2) is 0 Å². The van der Waals surface area contributed by atoms with Crippen LogP contribution in [0.2, 0.25) is 0 Å². The first-order valence-electron chi connectivity index (χ1n) is 10.8. The zero-order valence-corrected chi connectivity index (χ0v) is 18.8. The topological polar surface area (TPSA) is 38.3 Å². The Kier molecular flexibility index (Phi) is 7.66. The van der Waals surface area contributed by atoms with E-state index in [-0.39, 0.29) is 5.91 Å². The lowest BCUT2D eigenvalue weighted by Gasteiger charge is -2.19. The van der Waals surface area contributed by atoms with E-state index in [1.807, 2.05) is 60.7 Å². The van der Waals surface area contributed by atoms with Crippen LogP contribution in [0, 0.1) is 0 Å². The van der Waals surface area contributed by atoms with Crippen molar-refractivity contribution >= 4 is 17.7 Å². The zero-order chi connectivity index (χ0) is 22.2. The number of anilines is 1. The first-order valence-corrected chi connectivity index (χ1v) is 10.8. The Bertz CT molecular complexity index is 992.